The van der Waals surface area contributed by atoms with Gasteiger partial charge < -0.3 is 0 Å². The van der Waals surface area contributed by atoms with E-state index in [0.29, 0.717) is 22.1 Å². The fraction of sp³-hybridized carbons (Fsp3) is 0. The van der Waals surface area contributed by atoms with E-state index in [1.807, 2.05) is 24.3 Å². The summed E-state index contributed by atoms with van der Waals surface area (Å²) in [6.45, 7) is 0. The maximum atomic E-state index is 13.6. The molecule has 0 unspecified atom stereocenters. The van der Waals surface area contributed by atoms with Crippen LogP contribution in [-0.4, -0.2) is 18.8 Å². The molecule has 34 heavy (non-hydrogen) atoms. The van der Waals surface area contributed by atoms with Crippen molar-refractivity contribution in [3.63, 3.8) is 0 Å². The van der Waals surface area contributed by atoms with Crippen LogP contribution in [0.5, 0.6) is 0 Å². The maximum absolute atomic E-state index is 13.6. The number of rotatable bonds is 0. The van der Waals surface area contributed by atoms with Crippen molar-refractivity contribution >= 4 is 75.9 Å². The molecule has 0 radical (unpaired) electrons. The maximum Gasteiger partial charge on any atom is 0.265 e. The van der Waals surface area contributed by atoms with Gasteiger partial charge in [-0.1, -0.05) is 36.4 Å². The predicted octanol–water partition coefficient (Wildman–Crippen LogP) is 4.94. The van der Waals surface area contributed by atoms with E-state index in [9.17, 15) is 9.59 Å². The first-order valence-corrected chi connectivity index (χ1v) is 11.1. The van der Waals surface area contributed by atoms with Gasteiger partial charge in [0.05, 0.1) is 10.8 Å². The van der Waals surface area contributed by atoms with Gasteiger partial charge in [-0.2, -0.15) is 0 Å². The molecule has 0 aliphatic heterocycles. The van der Waals surface area contributed by atoms with Crippen molar-refractivity contribution in [1.82, 2.24) is 18.8 Å². The Labute approximate surface area is 188 Å². The lowest BCUT2D eigenvalue weighted by molar-refractivity contribution is 1.17. The normalized spacial score (nSPS) is 12.9. The molecule has 0 bridgehead atoms. The summed E-state index contributed by atoms with van der Waals surface area (Å²) in [7, 11) is 0. The second-order valence-corrected chi connectivity index (χ2v) is 9.01. The van der Waals surface area contributed by atoms with Crippen LogP contribution >= 0.6 is 0 Å². The smallest absolute Gasteiger partial charge is 0.265 e. The number of hydrogen-bond acceptors (Lipinski definition) is 4. The van der Waals surface area contributed by atoms with E-state index in [0.717, 1.165) is 53.9 Å². The number of benzene rings is 5. The third kappa shape index (κ3) is 1.62. The molecule has 9 rings (SSSR count). The summed E-state index contributed by atoms with van der Waals surface area (Å²) < 4.78 is 3.26. The monoisotopic (exact) mass is 436 g/mol. The first kappa shape index (κ1) is 16.7. The van der Waals surface area contributed by atoms with Crippen molar-refractivity contribution in [2.24, 2.45) is 0 Å². The highest BCUT2D eigenvalue weighted by Gasteiger charge is 2.24. The van der Waals surface area contributed by atoms with Gasteiger partial charge in [0, 0.05) is 46.3 Å². The van der Waals surface area contributed by atoms with Gasteiger partial charge in [0.1, 0.15) is 11.3 Å². The number of nitrogens with zero attached hydrogens (tertiary/aromatic N) is 4. The van der Waals surface area contributed by atoms with Gasteiger partial charge in [0.2, 0.25) is 0 Å². The molecule has 9 aromatic rings. The van der Waals surface area contributed by atoms with E-state index >= 15 is 0 Å². The quantitative estimate of drug-likeness (QED) is 0.250. The van der Waals surface area contributed by atoms with E-state index in [-0.39, 0.29) is 11.1 Å². The fourth-order valence-electron chi connectivity index (χ4n) is 6.24. The molecule has 5 aromatic carbocycles. The van der Waals surface area contributed by atoms with Crippen molar-refractivity contribution < 1.29 is 0 Å². The van der Waals surface area contributed by atoms with Crippen molar-refractivity contribution in [2.75, 3.05) is 0 Å². The van der Waals surface area contributed by atoms with Crippen molar-refractivity contribution in [2.45, 2.75) is 0 Å². The van der Waals surface area contributed by atoms with Crippen LogP contribution in [0.1, 0.15) is 0 Å². The van der Waals surface area contributed by atoms with Crippen LogP contribution in [0.15, 0.2) is 82.9 Å². The largest absolute Gasteiger partial charge is 0.268 e. The second kappa shape index (κ2) is 5.21. The summed E-state index contributed by atoms with van der Waals surface area (Å²) in [5, 5.41) is 11.2. The lowest BCUT2D eigenvalue weighted by Gasteiger charge is -2.15. The number of hydrogen-bond donors (Lipinski definition) is 0. The molecule has 0 atom stereocenters. The summed E-state index contributed by atoms with van der Waals surface area (Å²) in [5.74, 6) is 0. The Morgan fingerprint density at radius 3 is 1.82 bits per heavy atom. The minimum atomic E-state index is -0.0569. The van der Waals surface area contributed by atoms with Gasteiger partial charge in [-0.15, -0.1) is 0 Å². The molecule has 0 saturated carbocycles. The molecule has 0 amide bonds. The van der Waals surface area contributed by atoms with Crippen LogP contribution in [0.3, 0.4) is 0 Å². The van der Waals surface area contributed by atoms with Crippen molar-refractivity contribution in [3.05, 3.63) is 94.0 Å². The molecule has 4 heterocycles. The molecule has 6 heteroatoms. The molecule has 6 nitrogen and oxygen atoms in total. The van der Waals surface area contributed by atoms with Crippen molar-refractivity contribution in [1.29, 1.82) is 0 Å². The summed E-state index contributed by atoms with van der Waals surface area (Å²) in [6, 6.07) is 16.4. The number of imidazole rings is 2. The van der Waals surface area contributed by atoms with E-state index in [4.69, 9.17) is 0 Å². The summed E-state index contributed by atoms with van der Waals surface area (Å²) in [6.07, 6.45) is 6.79. The Morgan fingerprint density at radius 2 is 1.12 bits per heavy atom. The lowest BCUT2D eigenvalue weighted by Crippen LogP contribution is -2.05. The zero-order valence-corrected chi connectivity index (χ0v) is 17.5. The Hall–Kier alpha value is -4.84. The lowest BCUT2D eigenvalue weighted by atomic mass is 9.86. The average molecular weight is 436 g/mol. The molecular formula is C28H12N4O2. The average Bonchev–Trinajstić information content (AvgIpc) is 3.62. The molecule has 0 spiro atoms. The van der Waals surface area contributed by atoms with Crippen LogP contribution in [0.25, 0.3) is 75.9 Å². The van der Waals surface area contributed by atoms with Crippen LogP contribution in [0, 0.1) is 0 Å². The molecule has 0 aliphatic rings. The Balaban J connectivity index is 1.76. The highest BCUT2D eigenvalue weighted by molar-refractivity contribution is 6.43. The van der Waals surface area contributed by atoms with Crippen LogP contribution < -0.4 is 11.1 Å². The van der Waals surface area contributed by atoms with Gasteiger partial charge in [0.15, 0.2) is 0 Å². The summed E-state index contributed by atoms with van der Waals surface area (Å²) in [4.78, 5) is 35.8. The zero-order chi connectivity index (χ0) is 22.3. The topological polar surface area (TPSA) is 68.7 Å². The first-order chi connectivity index (χ1) is 16.7. The number of aromatic nitrogens is 4. The van der Waals surface area contributed by atoms with Crippen LogP contribution in [0.4, 0.5) is 0 Å². The highest BCUT2D eigenvalue weighted by Crippen LogP contribution is 2.46. The molecule has 4 aromatic heterocycles. The van der Waals surface area contributed by atoms with E-state index < -0.39 is 0 Å². The van der Waals surface area contributed by atoms with Gasteiger partial charge in [-0.05, 0) is 44.5 Å². The second-order valence-electron chi connectivity index (χ2n) is 9.01. The molecule has 0 saturated heterocycles. The standard InChI is InChI=1S/C28H12N4O2/c33-27-18-12-14-4-2-6-16-19(14)21(23(18)26-30-8-10-32(26)27)15-5-1-3-13-11-17-24(22(16)20(13)15)28(34)31-9-7-29-25(17)31/h1-12H. The van der Waals surface area contributed by atoms with Gasteiger partial charge in [0.25, 0.3) is 11.1 Å². The molecule has 0 N–H and O–H groups in total. The van der Waals surface area contributed by atoms with E-state index in [2.05, 4.69) is 34.2 Å². The highest BCUT2D eigenvalue weighted by atomic mass is 16.1. The third-order valence-electron chi connectivity index (χ3n) is 7.50. The van der Waals surface area contributed by atoms with Crippen LogP contribution in [-0.2, 0) is 0 Å². The molecule has 0 aliphatic carbocycles. The molecule has 0 fully saturated rings. The fourth-order valence-corrected chi connectivity index (χ4v) is 6.24. The molecular weight excluding hydrogens is 424 g/mol. The van der Waals surface area contributed by atoms with Gasteiger partial charge in [-0.3, -0.25) is 18.4 Å². The summed E-state index contributed by atoms with van der Waals surface area (Å²) in [5.41, 5.74) is 1.24. The minimum Gasteiger partial charge on any atom is -0.268 e. The van der Waals surface area contributed by atoms with Crippen molar-refractivity contribution in [3.8, 4) is 0 Å². The number of fused-ring (bicyclic) bond motifs is 10. The van der Waals surface area contributed by atoms with Crippen LogP contribution in [0.2, 0.25) is 0 Å². The third-order valence-corrected chi connectivity index (χ3v) is 7.50. The Morgan fingerprint density at radius 1 is 0.529 bits per heavy atom. The summed E-state index contributed by atoms with van der Waals surface area (Å²) >= 11 is 0. The Bertz CT molecular complexity index is 2430. The van der Waals surface area contributed by atoms with E-state index in [1.165, 1.54) is 0 Å². The predicted molar refractivity (Wildman–Crippen MR) is 135 cm³/mol. The SMILES string of the molecule is O=c1c2c(cc3cccc4c3c2c2cccc3cc5c(=O)n6ccnc6c5c4c32)c2nccn12. The minimum absolute atomic E-state index is 0.0541. The van der Waals surface area contributed by atoms with Gasteiger partial charge >= 0.3 is 0 Å². The van der Waals surface area contributed by atoms with Gasteiger partial charge in [-0.25, -0.2) is 9.97 Å². The first-order valence-electron chi connectivity index (χ1n) is 11.1. The molecule has 156 valence electrons. The zero-order valence-electron chi connectivity index (χ0n) is 17.5. The Kier molecular flexibility index (Phi) is 2.56. The van der Waals surface area contributed by atoms with E-state index in [1.54, 1.807) is 33.6 Å².